The Morgan fingerprint density at radius 3 is 1.53 bits per heavy atom. The SMILES string of the molecule is CC(C)CNCCCNCCC(N)Cc1cc(CC(N)CCNCCCNCC(C)C)cc(OCc2ccccc2)c1.Cl. The number of nitrogens with one attached hydrogen (secondary N) is 4. The highest BCUT2D eigenvalue weighted by Crippen LogP contribution is 2.21. The van der Waals surface area contributed by atoms with E-state index < -0.39 is 0 Å². The first kappa shape index (κ1) is 39.3. The maximum absolute atomic E-state index is 6.58. The van der Waals surface area contributed by atoms with Gasteiger partial charge in [-0.15, -0.1) is 12.4 Å². The monoisotopic (exact) mass is 618 g/mol. The van der Waals surface area contributed by atoms with Gasteiger partial charge in [-0.05, 0) is 132 Å². The Bertz CT molecular complexity index is 880. The Morgan fingerprint density at radius 2 is 1.07 bits per heavy atom. The molecule has 0 spiro atoms. The van der Waals surface area contributed by atoms with Crippen molar-refractivity contribution < 1.29 is 4.74 Å². The fraction of sp³-hybridized carbons (Fsp3) is 0.657. The van der Waals surface area contributed by atoms with Crippen molar-refractivity contribution in [2.45, 2.75) is 84.9 Å². The molecule has 0 saturated carbocycles. The van der Waals surface area contributed by atoms with Crippen molar-refractivity contribution >= 4 is 12.4 Å². The molecule has 0 aromatic heterocycles. The molecular formula is C35H63ClN6O. The van der Waals surface area contributed by atoms with Gasteiger partial charge in [-0.1, -0.05) is 64.1 Å². The van der Waals surface area contributed by atoms with Crippen molar-refractivity contribution in [1.29, 1.82) is 0 Å². The molecule has 43 heavy (non-hydrogen) atoms. The van der Waals surface area contributed by atoms with E-state index in [4.69, 9.17) is 16.2 Å². The quantitative estimate of drug-likeness (QED) is 0.0899. The smallest absolute Gasteiger partial charge is 0.120 e. The lowest BCUT2D eigenvalue weighted by molar-refractivity contribution is 0.305. The molecule has 0 bridgehead atoms. The van der Waals surface area contributed by atoms with Crippen molar-refractivity contribution in [2.24, 2.45) is 23.3 Å². The number of hydrogen-bond acceptors (Lipinski definition) is 7. The molecule has 0 saturated heterocycles. The van der Waals surface area contributed by atoms with E-state index in [1.54, 1.807) is 0 Å². The number of benzene rings is 2. The third-order valence-corrected chi connectivity index (χ3v) is 7.17. The number of ether oxygens (including phenoxy) is 1. The summed E-state index contributed by atoms with van der Waals surface area (Å²) < 4.78 is 6.24. The second-order valence-electron chi connectivity index (χ2n) is 12.7. The van der Waals surface area contributed by atoms with Crippen LogP contribution in [0.3, 0.4) is 0 Å². The fourth-order valence-corrected chi connectivity index (χ4v) is 4.88. The number of rotatable bonds is 25. The summed E-state index contributed by atoms with van der Waals surface area (Å²) in [7, 11) is 0. The number of halogens is 1. The van der Waals surface area contributed by atoms with Gasteiger partial charge in [-0.3, -0.25) is 0 Å². The van der Waals surface area contributed by atoms with E-state index in [1.165, 1.54) is 11.1 Å². The van der Waals surface area contributed by atoms with Crippen LogP contribution in [0.2, 0.25) is 0 Å². The minimum atomic E-state index is 0. The minimum absolute atomic E-state index is 0. The van der Waals surface area contributed by atoms with Crippen LogP contribution in [0, 0.1) is 11.8 Å². The molecule has 0 amide bonds. The molecule has 0 radical (unpaired) electrons. The summed E-state index contributed by atoms with van der Waals surface area (Å²) in [5.41, 5.74) is 16.8. The van der Waals surface area contributed by atoms with Gasteiger partial charge in [0.15, 0.2) is 0 Å². The zero-order chi connectivity index (χ0) is 30.4. The molecule has 2 rings (SSSR count). The average Bonchev–Trinajstić information content (AvgIpc) is 2.95. The van der Waals surface area contributed by atoms with Crippen LogP contribution in [0.1, 0.15) is 70.1 Å². The summed E-state index contributed by atoms with van der Waals surface area (Å²) >= 11 is 0. The molecule has 0 fully saturated rings. The van der Waals surface area contributed by atoms with Gasteiger partial charge in [0.25, 0.3) is 0 Å². The molecule has 0 aliphatic rings. The van der Waals surface area contributed by atoms with Crippen LogP contribution in [-0.4, -0.2) is 64.4 Å². The highest BCUT2D eigenvalue weighted by Gasteiger charge is 2.11. The summed E-state index contributed by atoms with van der Waals surface area (Å²) in [5, 5.41) is 14.1. The lowest BCUT2D eigenvalue weighted by Crippen LogP contribution is -2.31. The van der Waals surface area contributed by atoms with Gasteiger partial charge in [-0.2, -0.15) is 0 Å². The van der Waals surface area contributed by atoms with Gasteiger partial charge in [0.1, 0.15) is 12.4 Å². The lowest BCUT2D eigenvalue weighted by atomic mass is 9.97. The molecule has 2 aromatic rings. The predicted molar refractivity (Wildman–Crippen MR) is 187 cm³/mol. The standard InChI is InChI=1S/C35H62N6O.ClH/c1-28(2)25-40-16-8-14-38-18-12-33(36)21-31-20-32(24-35(23-31)42-27-30-10-6-5-7-11-30)22-34(37)13-19-39-15-9-17-41-26-29(3)4;/h5-7,10-11,20,23-24,28-29,33-34,38-41H,8-9,12-19,21-22,25-27,36-37H2,1-4H3;1H. The zero-order valence-electron chi connectivity index (χ0n) is 27.5. The molecule has 2 unspecified atom stereocenters. The summed E-state index contributed by atoms with van der Waals surface area (Å²) in [4.78, 5) is 0. The van der Waals surface area contributed by atoms with Crippen LogP contribution in [-0.2, 0) is 19.4 Å². The van der Waals surface area contributed by atoms with Crippen LogP contribution >= 0.6 is 12.4 Å². The van der Waals surface area contributed by atoms with E-state index in [0.29, 0.717) is 18.4 Å². The molecule has 0 aliphatic carbocycles. The minimum Gasteiger partial charge on any atom is -0.489 e. The molecule has 0 aliphatic heterocycles. The second-order valence-corrected chi connectivity index (χ2v) is 12.7. The van der Waals surface area contributed by atoms with E-state index >= 15 is 0 Å². The molecule has 0 heterocycles. The van der Waals surface area contributed by atoms with Gasteiger partial charge in [-0.25, -0.2) is 0 Å². The van der Waals surface area contributed by atoms with Crippen LogP contribution in [0.15, 0.2) is 48.5 Å². The third kappa shape index (κ3) is 20.8. The van der Waals surface area contributed by atoms with Crippen molar-refractivity contribution in [3.05, 3.63) is 65.2 Å². The highest BCUT2D eigenvalue weighted by molar-refractivity contribution is 5.85. The molecule has 8 heteroatoms. The van der Waals surface area contributed by atoms with Crippen molar-refractivity contribution in [3.63, 3.8) is 0 Å². The maximum atomic E-state index is 6.58. The van der Waals surface area contributed by atoms with Gasteiger partial charge in [0.05, 0.1) is 0 Å². The molecule has 8 N–H and O–H groups in total. The zero-order valence-corrected chi connectivity index (χ0v) is 28.3. The fourth-order valence-electron chi connectivity index (χ4n) is 4.88. The third-order valence-electron chi connectivity index (χ3n) is 7.17. The average molecular weight is 619 g/mol. The predicted octanol–water partition coefficient (Wildman–Crippen LogP) is 4.66. The first-order chi connectivity index (χ1) is 20.3. The molecular weight excluding hydrogens is 556 g/mol. The van der Waals surface area contributed by atoms with E-state index in [1.807, 2.05) is 18.2 Å². The number of hydrogen-bond donors (Lipinski definition) is 6. The number of nitrogens with two attached hydrogens (primary N) is 2. The molecule has 246 valence electrons. The lowest BCUT2D eigenvalue weighted by Gasteiger charge is -2.17. The Kier molecular flexibility index (Phi) is 22.5. The normalized spacial score (nSPS) is 12.8. The summed E-state index contributed by atoms with van der Waals surface area (Å²) in [6.07, 6.45) is 5.82. The first-order valence-corrected chi connectivity index (χ1v) is 16.5. The van der Waals surface area contributed by atoms with Crippen LogP contribution < -0.4 is 37.5 Å². The van der Waals surface area contributed by atoms with Gasteiger partial charge < -0.3 is 37.5 Å². The van der Waals surface area contributed by atoms with Crippen LogP contribution in [0.4, 0.5) is 0 Å². The first-order valence-electron chi connectivity index (χ1n) is 16.5. The highest BCUT2D eigenvalue weighted by atomic mass is 35.5. The van der Waals surface area contributed by atoms with Gasteiger partial charge in [0.2, 0.25) is 0 Å². The van der Waals surface area contributed by atoms with Crippen molar-refractivity contribution in [1.82, 2.24) is 21.3 Å². The largest absolute Gasteiger partial charge is 0.489 e. The topological polar surface area (TPSA) is 109 Å². The van der Waals surface area contributed by atoms with Gasteiger partial charge >= 0.3 is 0 Å². The Hall–Kier alpha value is -1.71. The molecule has 7 nitrogen and oxygen atoms in total. The van der Waals surface area contributed by atoms with E-state index in [0.717, 1.165) is 102 Å². The van der Waals surface area contributed by atoms with Crippen LogP contribution in [0.25, 0.3) is 0 Å². The Balaban J connectivity index is 0.00000924. The maximum Gasteiger partial charge on any atom is 0.120 e. The van der Waals surface area contributed by atoms with Gasteiger partial charge in [0, 0.05) is 12.1 Å². The Labute approximate surface area is 269 Å². The van der Waals surface area contributed by atoms with Crippen molar-refractivity contribution in [3.8, 4) is 5.75 Å². The molecule has 2 atom stereocenters. The molecule has 2 aromatic carbocycles. The van der Waals surface area contributed by atoms with E-state index in [9.17, 15) is 0 Å². The second kappa shape index (κ2) is 24.6. The van der Waals surface area contributed by atoms with E-state index in [2.05, 4.69) is 79.3 Å². The Morgan fingerprint density at radius 1 is 0.605 bits per heavy atom. The summed E-state index contributed by atoms with van der Waals surface area (Å²) in [5.74, 6) is 2.29. The summed E-state index contributed by atoms with van der Waals surface area (Å²) in [6, 6.07) is 17.1. The summed E-state index contributed by atoms with van der Waals surface area (Å²) in [6.45, 7) is 17.7. The van der Waals surface area contributed by atoms with Crippen molar-refractivity contribution in [2.75, 3.05) is 52.4 Å². The van der Waals surface area contributed by atoms with E-state index in [-0.39, 0.29) is 24.5 Å². The van der Waals surface area contributed by atoms with Crippen LogP contribution in [0.5, 0.6) is 5.75 Å².